The van der Waals surface area contributed by atoms with E-state index in [2.05, 4.69) is 35.7 Å². The van der Waals surface area contributed by atoms with Gasteiger partial charge in [0.05, 0.1) is 18.3 Å². The summed E-state index contributed by atoms with van der Waals surface area (Å²) in [5.41, 5.74) is 0.368. The van der Waals surface area contributed by atoms with Crippen LogP contribution in [0.25, 0.3) is 0 Å². The van der Waals surface area contributed by atoms with E-state index in [9.17, 15) is 14.7 Å². The van der Waals surface area contributed by atoms with Gasteiger partial charge in [-0.25, -0.2) is 9.78 Å². The molecule has 9 nitrogen and oxygen atoms in total. The molecule has 39 heavy (non-hydrogen) atoms. The van der Waals surface area contributed by atoms with Crippen LogP contribution in [-0.2, 0) is 10.2 Å². The first-order valence-electron chi connectivity index (χ1n) is 13.1. The molecule has 208 valence electrons. The van der Waals surface area contributed by atoms with Crippen molar-refractivity contribution in [2.24, 2.45) is 5.92 Å². The Bertz CT molecular complexity index is 1290. The predicted molar refractivity (Wildman–Crippen MR) is 148 cm³/mol. The van der Waals surface area contributed by atoms with Crippen LogP contribution < -0.4 is 4.74 Å². The number of hydrogen-bond donors (Lipinski definition) is 1. The molecule has 3 atom stereocenters. The van der Waals surface area contributed by atoms with Gasteiger partial charge in [-0.3, -0.25) is 19.7 Å². The first-order chi connectivity index (χ1) is 18.5. The molecule has 1 N–H and O–H groups in total. The molecule has 4 rings (SSSR count). The molecule has 3 aromatic rings. The average Bonchev–Trinajstić information content (AvgIpc) is 3.49. The molecule has 0 radical (unpaired) electrons. The molecule has 0 saturated carbocycles. The number of carbonyl (C=O) groups is 2. The Labute approximate surface area is 233 Å². The zero-order valence-electron chi connectivity index (χ0n) is 23.2. The molecule has 1 aliphatic heterocycles. The van der Waals surface area contributed by atoms with Crippen molar-refractivity contribution in [1.29, 1.82) is 0 Å². The number of amides is 1. The molecule has 1 aliphatic rings. The van der Waals surface area contributed by atoms with E-state index in [1.807, 2.05) is 32.2 Å². The second kappa shape index (κ2) is 11.3. The van der Waals surface area contributed by atoms with Crippen molar-refractivity contribution in [3.63, 3.8) is 0 Å². The minimum absolute atomic E-state index is 0.0273. The van der Waals surface area contributed by atoms with Crippen molar-refractivity contribution in [2.45, 2.75) is 77.5 Å². The third-order valence-corrected chi connectivity index (χ3v) is 7.71. The Kier molecular flexibility index (Phi) is 8.25. The molecule has 1 fully saturated rings. The zero-order valence-corrected chi connectivity index (χ0v) is 24.1. The van der Waals surface area contributed by atoms with Crippen LogP contribution in [0.3, 0.4) is 0 Å². The van der Waals surface area contributed by atoms with Gasteiger partial charge in [-0.05, 0) is 36.0 Å². The maximum absolute atomic E-state index is 14.6. The highest BCUT2D eigenvalue weighted by molar-refractivity contribution is 7.09. The van der Waals surface area contributed by atoms with Gasteiger partial charge in [0, 0.05) is 54.5 Å². The number of benzene rings is 1. The Morgan fingerprint density at radius 1 is 1.21 bits per heavy atom. The summed E-state index contributed by atoms with van der Waals surface area (Å²) in [6, 6.07) is 4.84. The Balaban J connectivity index is 1.93. The first kappa shape index (κ1) is 28.5. The fourth-order valence-corrected chi connectivity index (χ4v) is 6.33. The quantitative estimate of drug-likeness (QED) is 0.318. The first-order valence-corrected chi connectivity index (χ1v) is 14.0. The molecule has 1 amide bonds. The Morgan fingerprint density at radius 3 is 2.54 bits per heavy atom. The summed E-state index contributed by atoms with van der Waals surface area (Å²) in [6.07, 6.45) is 5.62. The summed E-state index contributed by atoms with van der Waals surface area (Å²) >= 11 is 1.41. The van der Waals surface area contributed by atoms with E-state index in [4.69, 9.17) is 9.47 Å². The van der Waals surface area contributed by atoms with Gasteiger partial charge in [0.15, 0.2) is 5.72 Å². The molecule has 3 heterocycles. The summed E-state index contributed by atoms with van der Waals surface area (Å²) in [5.74, 6) is -0.0867. The van der Waals surface area contributed by atoms with Gasteiger partial charge in [-0.2, -0.15) is 0 Å². The number of carbonyl (C=O) groups excluding carboxylic acids is 1. The van der Waals surface area contributed by atoms with Crippen LogP contribution in [0.5, 0.6) is 5.75 Å². The van der Waals surface area contributed by atoms with E-state index >= 15 is 0 Å². The third-order valence-electron chi connectivity index (χ3n) is 6.86. The van der Waals surface area contributed by atoms with Crippen LogP contribution in [0.4, 0.5) is 4.79 Å². The maximum Gasteiger partial charge on any atom is 0.507 e. The molecule has 0 aliphatic carbocycles. The fraction of sp³-hybridized carbons (Fsp3) is 0.483. The van der Waals surface area contributed by atoms with Crippen LogP contribution in [0, 0.1) is 5.92 Å². The lowest BCUT2D eigenvalue weighted by atomic mass is 9.85. The molecule has 0 bridgehead atoms. The van der Waals surface area contributed by atoms with Gasteiger partial charge in [-0.1, -0.05) is 40.7 Å². The molecule has 2 aromatic heterocycles. The molecule has 10 heteroatoms. The third kappa shape index (κ3) is 5.90. The van der Waals surface area contributed by atoms with E-state index in [1.165, 1.54) is 11.3 Å². The monoisotopic (exact) mass is 552 g/mol. The van der Waals surface area contributed by atoms with E-state index in [-0.39, 0.29) is 29.6 Å². The molecule has 1 saturated heterocycles. The van der Waals surface area contributed by atoms with E-state index in [1.54, 1.807) is 41.8 Å². The second-order valence-corrected chi connectivity index (χ2v) is 12.2. The van der Waals surface area contributed by atoms with Crippen molar-refractivity contribution in [2.75, 3.05) is 6.61 Å². The lowest BCUT2D eigenvalue weighted by molar-refractivity contribution is -0.108. The normalized spacial score (nSPS) is 21.3. The topological polar surface area (TPSA) is 115 Å². The van der Waals surface area contributed by atoms with Crippen LogP contribution in [-0.4, -0.2) is 49.4 Å². The summed E-state index contributed by atoms with van der Waals surface area (Å²) in [7, 11) is 0. The Hall–Kier alpha value is -3.53. The second-order valence-electron chi connectivity index (χ2n) is 11.2. The van der Waals surface area contributed by atoms with Crippen molar-refractivity contribution in [1.82, 2.24) is 19.9 Å². The number of likely N-dealkylation sites (tertiary alicyclic amines) is 1. The standard InChI is InChI=1S/C29H36N4O5S/c1-7-37-23-14-19(8-9-21(23)28(4,5)6)26(34)33-24(25-32-12-13-39-25)20(22-17-30-10-11-31-22)16-29(33,15-18(2)3)38-27(35)36/h8-14,17-18,20,24H,7,15-16H2,1-6H3,(H,35,36)/t20-,24-,29+/m1/s1. The number of hydrogen-bond acceptors (Lipinski definition) is 8. The van der Waals surface area contributed by atoms with Gasteiger partial charge in [0.1, 0.15) is 10.8 Å². The Morgan fingerprint density at radius 2 is 1.97 bits per heavy atom. The molecule has 1 aromatic carbocycles. The highest BCUT2D eigenvalue weighted by Crippen LogP contribution is 2.55. The number of carboxylic acid groups (broad SMARTS) is 1. The fourth-order valence-electron chi connectivity index (χ4n) is 5.53. The van der Waals surface area contributed by atoms with Crippen LogP contribution in [0.15, 0.2) is 48.4 Å². The molecule has 0 spiro atoms. The van der Waals surface area contributed by atoms with Crippen molar-refractivity contribution < 1.29 is 24.2 Å². The number of thiazole rings is 1. The number of nitrogens with zero attached hydrogens (tertiary/aromatic N) is 4. The SMILES string of the molecule is CCOc1cc(C(=O)N2[C@@H](c3nccs3)[C@@H](c3cnccn3)C[C@]2(CC(C)C)OC(=O)O)ccc1C(C)(C)C. The predicted octanol–water partition coefficient (Wildman–Crippen LogP) is 6.44. The average molecular weight is 553 g/mol. The summed E-state index contributed by atoms with van der Waals surface area (Å²) in [4.78, 5) is 41.7. The van der Waals surface area contributed by atoms with Crippen molar-refractivity contribution in [3.05, 3.63) is 70.2 Å². The van der Waals surface area contributed by atoms with Gasteiger partial charge < -0.3 is 14.6 Å². The highest BCUT2D eigenvalue weighted by Gasteiger charge is 2.59. The lowest BCUT2D eigenvalue weighted by Crippen LogP contribution is -2.52. The van der Waals surface area contributed by atoms with Crippen LogP contribution in [0.2, 0.25) is 0 Å². The summed E-state index contributed by atoms with van der Waals surface area (Å²) in [5, 5.41) is 12.4. The highest BCUT2D eigenvalue weighted by atomic mass is 32.1. The minimum atomic E-state index is -1.44. The smallest absolute Gasteiger partial charge is 0.494 e. The molecule has 0 unspecified atom stereocenters. The summed E-state index contributed by atoms with van der Waals surface area (Å²) < 4.78 is 11.7. The molecular formula is C29H36N4O5S. The van der Waals surface area contributed by atoms with E-state index < -0.39 is 17.9 Å². The summed E-state index contributed by atoms with van der Waals surface area (Å²) in [6.45, 7) is 12.6. The van der Waals surface area contributed by atoms with Crippen molar-refractivity contribution in [3.8, 4) is 5.75 Å². The van der Waals surface area contributed by atoms with Gasteiger partial charge >= 0.3 is 6.16 Å². The van der Waals surface area contributed by atoms with Crippen molar-refractivity contribution >= 4 is 23.4 Å². The maximum atomic E-state index is 14.6. The van der Waals surface area contributed by atoms with Crippen LogP contribution >= 0.6 is 11.3 Å². The zero-order chi connectivity index (χ0) is 28.4. The van der Waals surface area contributed by atoms with Gasteiger partial charge in [0.25, 0.3) is 5.91 Å². The van der Waals surface area contributed by atoms with Gasteiger partial charge in [0.2, 0.25) is 0 Å². The number of ether oxygens (including phenoxy) is 2. The van der Waals surface area contributed by atoms with Gasteiger partial charge in [-0.15, -0.1) is 11.3 Å². The minimum Gasteiger partial charge on any atom is -0.494 e. The van der Waals surface area contributed by atoms with E-state index in [0.29, 0.717) is 35.0 Å². The van der Waals surface area contributed by atoms with E-state index in [0.717, 1.165) is 5.56 Å². The number of aromatic nitrogens is 3. The largest absolute Gasteiger partial charge is 0.507 e. The number of rotatable bonds is 8. The van der Waals surface area contributed by atoms with Crippen LogP contribution in [0.1, 0.15) is 93.0 Å². The molecular weight excluding hydrogens is 516 g/mol. The lowest BCUT2D eigenvalue weighted by Gasteiger charge is -2.40.